The highest BCUT2D eigenvalue weighted by Crippen LogP contribution is 2.41. The van der Waals surface area contributed by atoms with Crippen molar-refractivity contribution in [2.45, 2.75) is 19.5 Å². The highest BCUT2D eigenvalue weighted by atomic mass is 35.5. The molecular weight excluding hydrogens is 447 g/mol. The number of carboxylic acid groups (broad SMARTS) is 1. The van der Waals surface area contributed by atoms with Crippen LogP contribution in [0, 0.1) is 5.92 Å². The third-order valence-electron chi connectivity index (χ3n) is 5.62. The first-order valence-electron chi connectivity index (χ1n) is 9.73. The van der Waals surface area contributed by atoms with Gasteiger partial charge < -0.3 is 5.11 Å². The molecule has 0 amide bonds. The van der Waals surface area contributed by atoms with Crippen molar-refractivity contribution in [3.63, 3.8) is 0 Å². The standard InChI is InChI=1S/C20H22Cl2N4O3S/c1-12-17(20(28)29)19(13-3-2-4-14(21)18(13)22)26-15(23-12)11-16(27)25(26)6-5-24-7-9-30-10-8-24/h2-4,11,17,19H,5-10H2,1H3,(H,28,29). The molecular formula is C20H22Cl2N4O3S. The minimum absolute atomic E-state index is 0.206. The van der Waals surface area contributed by atoms with E-state index in [0.29, 0.717) is 35.2 Å². The predicted octanol–water partition coefficient (Wildman–Crippen LogP) is 3.40. The Morgan fingerprint density at radius 1 is 1.27 bits per heavy atom. The third kappa shape index (κ3) is 3.93. The first-order valence-corrected chi connectivity index (χ1v) is 11.6. The Balaban J connectivity index is 1.81. The number of benzene rings is 1. The van der Waals surface area contributed by atoms with Crippen molar-refractivity contribution in [1.29, 1.82) is 0 Å². The van der Waals surface area contributed by atoms with Gasteiger partial charge in [0.1, 0.15) is 5.92 Å². The number of nitrogens with zero attached hydrogens (tertiary/aromatic N) is 4. The Labute approximate surface area is 188 Å². The van der Waals surface area contributed by atoms with Crippen LogP contribution in [0.25, 0.3) is 0 Å². The first-order chi connectivity index (χ1) is 14.4. The van der Waals surface area contributed by atoms with Gasteiger partial charge in [-0.25, -0.2) is 9.67 Å². The van der Waals surface area contributed by atoms with Crippen LogP contribution in [0.5, 0.6) is 0 Å². The summed E-state index contributed by atoms with van der Waals surface area (Å²) in [4.78, 5) is 31.8. The summed E-state index contributed by atoms with van der Waals surface area (Å²) >= 11 is 14.7. The fourth-order valence-electron chi connectivity index (χ4n) is 4.13. The summed E-state index contributed by atoms with van der Waals surface area (Å²) in [7, 11) is 0. The van der Waals surface area contributed by atoms with Crippen molar-refractivity contribution >= 4 is 52.5 Å². The number of aliphatic imine (C=N–C) groups is 1. The van der Waals surface area contributed by atoms with E-state index < -0.39 is 17.9 Å². The van der Waals surface area contributed by atoms with E-state index in [1.807, 2.05) is 11.8 Å². The highest BCUT2D eigenvalue weighted by molar-refractivity contribution is 7.99. The monoisotopic (exact) mass is 468 g/mol. The number of hydrogen-bond acceptors (Lipinski definition) is 5. The van der Waals surface area contributed by atoms with Gasteiger partial charge in [-0.3, -0.25) is 19.2 Å². The Hall–Kier alpha value is -1.74. The predicted molar refractivity (Wildman–Crippen MR) is 121 cm³/mol. The van der Waals surface area contributed by atoms with Gasteiger partial charge in [0.2, 0.25) is 0 Å². The molecule has 1 N–H and O–H groups in total. The number of aromatic nitrogens is 2. The lowest BCUT2D eigenvalue weighted by Gasteiger charge is -2.33. The molecule has 1 aromatic carbocycles. The van der Waals surface area contributed by atoms with Gasteiger partial charge in [0.25, 0.3) is 5.56 Å². The zero-order valence-corrected chi connectivity index (χ0v) is 18.8. The van der Waals surface area contributed by atoms with Gasteiger partial charge in [0.05, 0.1) is 22.6 Å². The number of carbonyl (C=O) groups is 1. The van der Waals surface area contributed by atoms with E-state index in [0.717, 1.165) is 24.6 Å². The van der Waals surface area contributed by atoms with Crippen molar-refractivity contribution in [1.82, 2.24) is 14.3 Å². The zero-order chi connectivity index (χ0) is 21.4. The molecule has 0 saturated carbocycles. The lowest BCUT2D eigenvalue weighted by atomic mass is 9.88. The van der Waals surface area contributed by atoms with E-state index in [-0.39, 0.29) is 10.6 Å². The van der Waals surface area contributed by atoms with E-state index in [2.05, 4.69) is 9.89 Å². The molecule has 2 aromatic rings. The maximum atomic E-state index is 12.8. The van der Waals surface area contributed by atoms with Gasteiger partial charge in [0, 0.05) is 42.9 Å². The number of thioether (sulfide) groups is 1. The molecule has 0 spiro atoms. The molecule has 4 rings (SSSR count). The van der Waals surface area contributed by atoms with E-state index in [9.17, 15) is 14.7 Å². The van der Waals surface area contributed by atoms with Crippen LogP contribution >= 0.6 is 35.0 Å². The van der Waals surface area contributed by atoms with Crippen molar-refractivity contribution in [3.05, 3.63) is 50.2 Å². The lowest BCUT2D eigenvalue weighted by Crippen LogP contribution is -2.41. The van der Waals surface area contributed by atoms with Gasteiger partial charge >= 0.3 is 5.97 Å². The van der Waals surface area contributed by atoms with Crippen molar-refractivity contribution < 1.29 is 9.90 Å². The van der Waals surface area contributed by atoms with Gasteiger partial charge in [0.15, 0.2) is 5.82 Å². The normalized spacial score (nSPS) is 21.9. The summed E-state index contributed by atoms with van der Waals surface area (Å²) in [5, 5.41) is 10.6. The Morgan fingerprint density at radius 3 is 2.70 bits per heavy atom. The summed E-state index contributed by atoms with van der Waals surface area (Å²) in [5.41, 5.74) is 0.779. The molecule has 0 bridgehead atoms. The van der Waals surface area contributed by atoms with Crippen LogP contribution in [-0.2, 0) is 11.3 Å². The molecule has 0 aliphatic carbocycles. The average molecular weight is 469 g/mol. The SMILES string of the molecule is CC1=Nc2cc(=O)n(CCN3CCSCC3)n2C(c2cccc(Cl)c2Cl)C1C(=O)O. The van der Waals surface area contributed by atoms with Crippen molar-refractivity contribution in [3.8, 4) is 0 Å². The van der Waals surface area contributed by atoms with Gasteiger partial charge in [-0.1, -0.05) is 35.3 Å². The Morgan fingerprint density at radius 2 is 2.00 bits per heavy atom. The van der Waals surface area contributed by atoms with Crippen LogP contribution < -0.4 is 5.56 Å². The number of aliphatic carboxylic acids is 1. The zero-order valence-electron chi connectivity index (χ0n) is 16.4. The van der Waals surface area contributed by atoms with Gasteiger partial charge in [-0.05, 0) is 18.6 Å². The minimum atomic E-state index is -1.02. The van der Waals surface area contributed by atoms with E-state index in [1.165, 1.54) is 6.07 Å². The number of halogens is 2. The van der Waals surface area contributed by atoms with Crippen LogP contribution in [0.1, 0.15) is 18.5 Å². The maximum Gasteiger partial charge on any atom is 0.314 e. The van der Waals surface area contributed by atoms with Crippen LogP contribution in [0.2, 0.25) is 10.0 Å². The second-order valence-electron chi connectivity index (χ2n) is 7.42. The number of fused-ring (bicyclic) bond motifs is 1. The van der Waals surface area contributed by atoms with Crippen LogP contribution in [0.4, 0.5) is 5.82 Å². The topological polar surface area (TPSA) is 79.8 Å². The van der Waals surface area contributed by atoms with Crippen molar-refractivity contribution in [2.24, 2.45) is 10.9 Å². The first kappa shape index (κ1) is 21.5. The second-order valence-corrected chi connectivity index (χ2v) is 9.43. The second kappa shape index (κ2) is 8.78. The maximum absolute atomic E-state index is 12.8. The fourth-order valence-corrected chi connectivity index (χ4v) is 5.53. The van der Waals surface area contributed by atoms with Gasteiger partial charge in [-0.15, -0.1) is 0 Å². The smallest absolute Gasteiger partial charge is 0.314 e. The average Bonchev–Trinajstić information content (AvgIpc) is 3.02. The number of hydrogen-bond donors (Lipinski definition) is 1. The molecule has 2 aliphatic rings. The summed E-state index contributed by atoms with van der Waals surface area (Å²) in [6.45, 7) is 4.78. The molecule has 0 radical (unpaired) electrons. The summed E-state index contributed by atoms with van der Waals surface area (Å²) in [6, 6.07) is 5.89. The highest BCUT2D eigenvalue weighted by Gasteiger charge is 2.40. The quantitative estimate of drug-likeness (QED) is 0.726. The molecule has 3 heterocycles. The largest absolute Gasteiger partial charge is 0.481 e. The fraction of sp³-hybridized carbons (Fsp3) is 0.450. The Kier molecular flexibility index (Phi) is 6.29. The third-order valence-corrected chi connectivity index (χ3v) is 7.40. The van der Waals surface area contributed by atoms with E-state index >= 15 is 0 Å². The number of rotatable bonds is 5. The van der Waals surface area contributed by atoms with Gasteiger partial charge in [-0.2, -0.15) is 11.8 Å². The summed E-state index contributed by atoms with van der Waals surface area (Å²) < 4.78 is 3.27. The Bertz CT molecular complexity index is 1060. The summed E-state index contributed by atoms with van der Waals surface area (Å²) in [5.74, 6) is 0.603. The van der Waals surface area contributed by atoms with E-state index in [1.54, 1.807) is 34.5 Å². The number of carboxylic acids is 1. The molecule has 2 unspecified atom stereocenters. The molecule has 30 heavy (non-hydrogen) atoms. The lowest BCUT2D eigenvalue weighted by molar-refractivity contribution is -0.140. The molecule has 10 heteroatoms. The van der Waals surface area contributed by atoms with E-state index in [4.69, 9.17) is 23.2 Å². The van der Waals surface area contributed by atoms with Crippen LogP contribution in [-0.4, -0.2) is 62.2 Å². The van der Waals surface area contributed by atoms with Crippen LogP contribution in [0.3, 0.4) is 0 Å². The molecule has 7 nitrogen and oxygen atoms in total. The molecule has 160 valence electrons. The molecule has 2 aliphatic heterocycles. The molecule has 2 atom stereocenters. The molecule has 1 aromatic heterocycles. The molecule has 1 saturated heterocycles. The summed E-state index contributed by atoms with van der Waals surface area (Å²) in [6.07, 6.45) is 0. The molecule has 1 fully saturated rings. The van der Waals surface area contributed by atoms with Crippen molar-refractivity contribution in [2.75, 3.05) is 31.1 Å². The minimum Gasteiger partial charge on any atom is -0.481 e. The van der Waals surface area contributed by atoms with Crippen LogP contribution in [0.15, 0.2) is 34.1 Å².